The summed E-state index contributed by atoms with van der Waals surface area (Å²) in [4.78, 5) is 11.5. The first kappa shape index (κ1) is 17.8. The van der Waals surface area contributed by atoms with Gasteiger partial charge in [0.1, 0.15) is 24.3 Å². The van der Waals surface area contributed by atoms with E-state index in [0.717, 1.165) is 0 Å². The van der Waals surface area contributed by atoms with Crippen LogP contribution in [0.25, 0.3) is 0 Å². The molecule has 2 rings (SSSR count). The van der Waals surface area contributed by atoms with Crippen LogP contribution >= 0.6 is 7.60 Å². The molecule has 0 aliphatic rings. The summed E-state index contributed by atoms with van der Waals surface area (Å²) < 4.78 is 29.2. The monoisotopic (exact) mass is 346 g/mol. The van der Waals surface area contributed by atoms with E-state index < -0.39 is 13.6 Å². The summed E-state index contributed by atoms with van der Waals surface area (Å²) in [5, 5.41) is 0. The summed E-state index contributed by atoms with van der Waals surface area (Å²) in [6, 6.07) is 17.4. The van der Waals surface area contributed by atoms with Gasteiger partial charge in [0.2, 0.25) is 0 Å². The summed E-state index contributed by atoms with van der Waals surface area (Å²) in [5.41, 5.74) is 0.276. The number of esters is 1. The maximum atomic E-state index is 13.0. The van der Waals surface area contributed by atoms with Gasteiger partial charge in [0, 0.05) is 5.57 Å². The molecule has 0 aliphatic carbocycles. The number of ether oxygens (including phenoxy) is 1. The van der Waals surface area contributed by atoms with Gasteiger partial charge >= 0.3 is 13.6 Å². The van der Waals surface area contributed by atoms with Crippen molar-refractivity contribution in [2.24, 2.45) is 0 Å². The summed E-state index contributed by atoms with van der Waals surface area (Å²) in [7, 11) is -3.56. The lowest BCUT2D eigenvalue weighted by atomic mass is 10.3. The van der Waals surface area contributed by atoms with Gasteiger partial charge in [0.15, 0.2) is 0 Å². The third-order valence-electron chi connectivity index (χ3n) is 2.92. The van der Waals surface area contributed by atoms with Crippen molar-refractivity contribution >= 4 is 13.6 Å². The van der Waals surface area contributed by atoms with Gasteiger partial charge < -0.3 is 13.8 Å². The molecule has 0 aliphatic heterocycles. The number of carbonyl (C=O) groups excluding carboxylic acids is 1. The summed E-state index contributed by atoms with van der Waals surface area (Å²) in [6.07, 6.45) is -0.0736. The molecule has 0 heterocycles. The first-order chi connectivity index (χ1) is 11.5. The van der Waals surface area contributed by atoms with E-state index in [4.69, 9.17) is 13.8 Å². The number of rotatable bonds is 8. The van der Waals surface area contributed by atoms with Crippen molar-refractivity contribution in [3.05, 3.63) is 72.8 Å². The second-order valence-corrected chi connectivity index (χ2v) is 7.09. The molecule has 0 fully saturated rings. The van der Waals surface area contributed by atoms with E-state index >= 15 is 0 Å². The molecule has 0 N–H and O–H groups in total. The fraction of sp³-hybridized carbons (Fsp3) is 0.167. The Hall–Kier alpha value is -2.52. The van der Waals surface area contributed by atoms with E-state index in [-0.39, 0.29) is 18.3 Å². The fourth-order valence-electron chi connectivity index (χ4n) is 1.77. The maximum absolute atomic E-state index is 13.0. The molecule has 0 bridgehead atoms. The fourth-order valence-corrected chi connectivity index (χ4v) is 3.19. The normalized spacial score (nSPS) is 10.7. The van der Waals surface area contributed by atoms with E-state index in [1.807, 2.05) is 12.1 Å². The summed E-state index contributed by atoms with van der Waals surface area (Å²) >= 11 is 0. The first-order valence-corrected chi connectivity index (χ1v) is 9.12. The number of hydrogen-bond acceptors (Lipinski definition) is 5. The van der Waals surface area contributed by atoms with Gasteiger partial charge in [-0.15, -0.1) is 0 Å². The zero-order valence-corrected chi connectivity index (χ0v) is 14.3. The minimum atomic E-state index is -3.56. The van der Waals surface area contributed by atoms with Crippen molar-refractivity contribution in [2.75, 3.05) is 12.8 Å². The van der Waals surface area contributed by atoms with E-state index in [1.54, 1.807) is 55.5 Å². The number of benzene rings is 2. The van der Waals surface area contributed by atoms with E-state index in [0.29, 0.717) is 11.5 Å². The smallest absolute Gasteiger partial charge is 0.434 e. The van der Waals surface area contributed by atoms with Crippen LogP contribution in [0.15, 0.2) is 72.8 Å². The molecule has 6 heteroatoms. The highest BCUT2D eigenvalue weighted by Crippen LogP contribution is 2.48. The second-order valence-electron chi connectivity index (χ2n) is 5.06. The lowest BCUT2D eigenvalue weighted by molar-refractivity contribution is -0.138. The Morgan fingerprint density at radius 1 is 0.958 bits per heavy atom. The van der Waals surface area contributed by atoms with Crippen molar-refractivity contribution < 1.29 is 23.1 Å². The van der Waals surface area contributed by atoms with Gasteiger partial charge in [0.05, 0.1) is 0 Å². The molecule has 0 amide bonds. The van der Waals surface area contributed by atoms with Crippen LogP contribution in [0.2, 0.25) is 0 Å². The molecule has 5 nitrogen and oxygen atoms in total. The average Bonchev–Trinajstić information content (AvgIpc) is 2.56. The number of hydrogen-bond donors (Lipinski definition) is 0. The topological polar surface area (TPSA) is 61.8 Å². The molecule has 0 saturated carbocycles. The van der Waals surface area contributed by atoms with Gasteiger partial charge in [-0.1, -0.05) is 43.0 Å². The van der Waals surface area contributed by atoms with Crippen LogP contribution in [-0.4, -0.2) is 18.7 Å². The average molecular weight is 346 g/mol. The van der Waals surface area contributed by atoms with Gasteiger partial charge in [-0.2, -0.15) is 0 Å². The number of para-hydroxylation sites is 2. The lowest BCUT2D eigenvalue weighted by Gasteiger charge is -2.20. The minimum Gasteiger partial charge on any atom is -0.462 e. The third kappa shape index (κ3) is 5.60. The Balaban J connectivity index is 2.09. The molecular formula is C18H19O5P. The molecule has 126 valence electrons. The van der Waals surface area contributed by atoms with Crippen molar-refractivity contribution in [1.82, 2.24) is 0 Å². The molecular weight excluding hydrogens is 327 g/mol. The van der Waals surface area contributed by atoms with E-state index in [9.17, 15) is 9.36 Å². The first-order valence-electron chi connectivity index (χ1n) is 7.39. The lowest BCUT2D eigenvalue weighted by Crippen LogP contribution is -2.13. The van der Waals surface area contributed by atoms with Crippen LogP contribution in [0.4, 0.5) is 0 Å². The zero-order chi connectivity index (χ0) is 17.4. The van der Waals surface area contributed by atoms with Gasteiger partial charge in [-0.05, 0) is 31.2 Å². The quantitative estimate of drug-likeness (QED) is 0.401. The Kier molecular flexibility index (Phi) is 6.21. The Morgan fingerprint density at radius 2 is 1.42 bits per heavy atom. The molecule has 0 saturated heterocycles. The van der Waals surface area contributed by atoms with Crippen molar-refractivity contribution in [3.8, 4) is 11.5 Å². The van der Waals surface area contributed by atoms with Crippen LogP contribution in [0.3, 0.4) is 0 Å². The predicted octanol–water partition coefficient (Wildman–Crippen LogP) is 4.46. The van der Waals surface area contributed by atoms with E-state index in [2.05, 4.69) is 6.58 Å². The molecule has 0 radical (unpaired) electrons. The summed E-state index contributed by atoms with van der Waals surface area (Å²) in [5.74, 6) is 0.298. The van der Waals surface area contributed by atoms with Crippen LogP contribution in [-0.2, 0) is 14.1 Å². The predicted molar refractivity (Wildman–Crippen MR) is 92.4 cm³/mol. The summed E-state index contributed by atoms with van der Waals surface area (Å²) in [6.45, 7) is 4.95. The third-order valence-corrected chi connectivity index (χ3v) is 4.63. The second kappa shape index (κ2) is 8.37. The largest absolute Gasteiger partial charge is 0.462 e. The van der Waals surface area contributed by atoms with Gasteiger partial charge in [-0.25, -0.2) is 9.36 Å². The van der Waals surface area contributed by atoms with Gasteiger partial charge in [0.25, 0.3) is 0 Å². The van der Waals surface area contributed by atoms with Crippen molar-refractivity contribution in [3.63, 3.8) is 0 Å². The SMILES string of the molecule is C=C(C)C(=O)OCCP(=O)(Oc1ccccc1)Oc1ccccc1. The Morgan fingerprint density at radius 3 is 1.83 bits per heavy atom. The Bertz CT molecular complexity index is 682. The van der Waals surface area contributed by atoms with Crippen molar-refractivity contribution in [1.29, 1.82) is 0 Å². The minimum absolute atomic E-state index is 0.0736. The molecule has 2 aromatic carbocycles. The van der Waals surface area contributed by atoms with Crippen LogP contribution in [0.5, 0.6) is 11.5 Å². The van der Waals surface area contributed by atoms with Crippen LogP contribution in [0, 0.1) is 0 Å². The zero-order valence-electron chi connectivity index (χ0n) is 13.4. The van der Waals surface area contributed by atoms with Crippen LogP contribution in [0.1, 0.15) is 6.92 Å². The molecule has 0 aromatic heterocycles. The highest BCUT2D eigenvalue weighted by atomic mass is 31.2. The van der Waals surface area contributed by atoms with Gasteiger partial charge in [-0.3, -0.25) is 0 Å². The molecule has 0 spiro atoms. The maximum Gasteiger partial charge on any atom is 0.434 e. The molecule has 0 unspecified atom stereocenters. The standard InChI is InChI=1S/C18H19O5P/c1-15(2)18(19)21-13-14-24(20,22-16-9-5-3-6-10-16)23-17-11-7-4-8-12-17/h3-12H,1,13-14H2,2H3. The van der Waals surface area contributed by atoms with Crippen molar-refractivity contribution in [2.45, 2.75) is 6.92 Å². The molecule has 0 atom stereocenters. The molecule has 24 heavy (non-hydrogen) atoms. The Labute approximate surface area is 141 Å². The van der Waals surface area contributed by atoms with Crippen LogP contribution < -0.4 is 9.05 Å². The highest BCUT2D eigenvalue weighted by molar-refractivity contribution is 7.54. The highest BCUT2D eigenvalue weighted by Gasteiger charge is 2.28. The molecule has 2 aromatic rings. The van der Waals surface area contributed by atoms with E-state index in [1.165, 1.54) is 0 Å². The number of carbonyl (C=O) groups is 1.